The van der Waals surface area contributed by atoms with E-state index in [1.54, 1.807) is 19.4 Å². The van der Waals surface area contributed by atoms with E-state index >= 15 is 8.78 Å². The summed E-state index contributed by atoms with van der Waals surface area (Å²) in [7, 11) is -2.80. The predicted molar refractivity (Wildman–Crippen MR) is 186 cm³/mol. The van der Waals surface area contributed by atoms with Gasteiger partial charge < -0.3 is 20.6 Å². The number of sulfonamides is 1. The quantitative estimate of drug-likeness (QED) is 0.176. The number of aliphatic carboxylic acids is 1. The van der Waals surface area contributed by atoms with Crippen LogP contribution in [-0.4, -0.2) is 89.4 Å². The van der Waals surface area contributed by atoms with Crippen LogP contribution in [0.25, 0.3) is 11.1 Å². The van der Waals surface area contributed by atoms with Crippen molar-refractivity contribution in [2.24, 2.45) is 5.92 Å². The van der Waals surface area contributed by atoms with E-state index < -0.39 is 62.8 Å². The number of rotatable bonds is 11. The molecule has 2 fully saturated rings. The van der Waals surface area contributed by atoms with E-state index in [4.69, 9.17) is 0 Å². The number of carboxylic acids is 1. The number of amides is 4. The smallest absolute Gasteiger partial charge is 0.332 e. The van der Waals surface area contributed by atoms with Crippen molar-refractivity contribution in [2.45, 2.75) is 43.2 Å². The molecule has 6 rings (SSSR count). The number of likely N-dealkylation sites (N-methyl/N-ethyl adjacent to an activating group) is 1. The van der Waals surface area contributed by atoms with Crippen molar-refractivity contribution in [1.82, 2.24) is 30.5 Å². The zero-order valence-corrected chi connectivity index (χ0v) is 29.2. The third kappa shape index (κ3) is 7.68. The Hall–Kier alpha value is -5.88. The molecular weight excluding hydrogens is 714 g/mol. The minimum atomic E-state index is -4.40. The molecule has 4 amide bonds. The van der Waals surface area contributed by atoms with E-state index in [1.165, 1.54) is 47.5 Å². The number of fused-ring (bicyclic) bond motifs is 1. The summed E-state index contributed by atoms with van der Waals surface area (Å²) in [6, 6.07) is 6.83. The van der Waals surface area contributed by atoms with Crippen LogP contribution in [0, 0.1) is 17.6 Å². The maximum atomic E-state index is 15.1. The molecule has 2 aromatic carbocycles. The standard InChI is InChI=1S/C35H34F2N8O7S/c1-3-30-39-16-21(17-40-30)20-5-7-22(8-6-20)53(51,52)43-27-14-25(36)24(13-26(27)37)32(46)42-28(34(48)49)12-19-4-9-31(41-15-19)45-33(47)23-10-11-38-18-29(23)44(2)35(45)50/h4-9,13-17,23,28-29,38,43H,3,10-12,18H2,1-2H3,(H,42,46)(H,48,49)/t23?,28-,29?/m0/s1. The van der Waals surface area contributed by atoms with Crippen molar-refractivity contribution in [3.63, 3.8) is 0 Å². The van der Waals surface area contributed by atoms with Crippen molar-refractivity contribution in [3.05, 3.63) is 95.7 Å². The van der Waals surface area contributed by atoms with E-state index in [1.807, 2.05) is 11.6 Å². The Morgan fingerprint density at radius 2 is 1.72 bits per heavy atom. The highest BCUT2D eigenvalue weighted by Crippen LogP contribution is 2.30. The maximum absolute atomic E-state index is 15.1. The molecule has 18 heteroatoms. The highest BCUT2D eigenvalue weighted by atomic mass is 32.2. The number of halogens is 2. The fraction of sp³-hybridized carbons (Fsp3) is 0.286. The number of piperidine rings is 1. The fourth-order valence-electron chi connectivity index (χ4n) is 6.16. The highest BCUT2D eigenvalue weighted by Gasteiger charge is 2.46. The zero-order chi connectivity index (χ0) is 38.0. The summed E-state index contributed by atoms with van der Waals surface area (Å²) >= 11 is 0. The van der Waals surface area contributed by atoms with Crippen LogP contribution in [0.2, 0.25) is 0 Å². The van der Waals surface area contributed by atoms with Gasteiger partial charge in [0.25, 0.3) is 15.9 Å². The van der Waals surface area contributed by atoms with E-state index in [0.29, 0.717) is 60.6 Å². The number of benzene rings is 2. The second kappa shape index (κ2) is 15.0. The maximum Gasteiger partial charge on any atom is 0.332 e. The second-order valence-corrected chi connectivity index (χ2v) is 14.2. The lowest BCUT2D eigenvalue weighted by Gasteiger charge is -2.44. The molecule has 2 unspecified atom stereocenters. The molecule has 0 saturated carbocycles. The Morgan fingerprint density at radius 1 is 1.00 bits per heavy atom. The van der Waals surface area contributed by atoms with Crippen LogP contribution in [0.1, 0.15) is 35.1 Å². The van der Waals surface area contributed by atoms with Crippen LogP contribution in [0.5, 0.6) is 0 Å². The monoisotopic (exact) mass is 748 g/mol. The number of nitrogens with one attached hydrogen (secondary N) is 3. The van der Waals surface area contributed by atoms with Gasteiger partial charge >= 0.3 is 12.0 Å². The van der Waals surface area contributed by atoms with Gasteiger partial charge in [-0.15, -0.1) is 0 Å². The first-order valence-electron chi connectivity index (χ1n) is 16.5. The summed E-state index contributed by atoms with van der Waals surface area (Å²) in [5.74, 6) is -5.49. The number of pyridine rings is 1. The van der Waals surface area contributed by atoms with Crippen LogP contribution in [0.15, 0.2) is 72.0 Å². The number of nitrogens with zero attached hydrogens (tertiary/aromatic N) is 5. The number of aryl methyl sites for hydroxylation is 1. The van der Waals surface area contributed by atoms with Crippen molar-refractivity contribution in [1.29, 1.82) is 0 Å². The lowest BCUT2D eigenvalue weighted by atomic mass is 9.88. The van der Waals surface area contributed by atoms with Gasteiger partial charge in [-0.3, -0.25) is 14.3 Å². The fourth-order valence-corrected chi connectivity index (χ4v) is 7.22. The molecule has 3 atom stereocenters. The number of urea groups is 1. The summed E-state index contributed by atoms with van der Waals surface area (Å²) in [5.41, 5.74) is -0.0829. The number of anilines is 2. The summed E-state index contributed by atoms with van der Waals surface area (Å²) in [4.78, 5) is 66.1. The van der Waals surface area contributed by atoms with Gasteiger partial charge in [-0.2, -0.15) is 0 Å². The summed E-state index contributed by atoms with van der Waals surface area (Å²) in [5, 5.41) is 15.1. The van der Waals surface area contributed by atoms with Crippen LogP contribution >= 0.6 is 0 Å². The van der Waals surface area contributed by atoms with E-state index in [9.17, 15) is 32.7 Å². The molecule has 0 spiro atoms. The van der Waals surface area contributed by atoms with Crippen molar-refractivity contribution in [3.8, 4) is 11.1 Å². The molecule has 4 N–H and O–H groups in total. The number of aromatic nitrogens is 3. The Labute approximate surface area is 302 Å². The first-order chi connectivity index (χ1) is 25.3. The minimum Gasteiger partial charge on any atom is -0.480 e. The van der Waals surface area contributed by atoms with E-state index in [0.717, 1.165) is 4.90 Å². The molecular formula is C35H34F2N8O7S. The van der Waals surface area contributed by atoms with E-state index in [-0.39, 0.29) is 29.1 Å². The topological polar surface area (TPSA) is 204 Å². The normalized spacial score (nSPS) is 18.0. The minimum absolute atomic E-state index is 0.0431. The van der Waals surface area contributed by atoms with Crippen LogP contribution in [0.3, 0.4) is 0 Å². The molecule has 0 aliphatic carbocycles. The lowest BCUT2D eigenvalue weighted by molar-refractivity contribution is -0.139. The second-order valence-electron chi connectivity index (χ2n) is 12.5. The third-order valence-corrected chi connectivity index (χ3v) is 10.5. The number of hydrogen-bond acceptors (Lipinski definition) is 10. The van der Waals surface area contributed by atoms with Gasteiger partial charge in [0.05, 0.1) is 28.1 Å². The Kier molecular flexibility index (Phi) is 10.4. The largest absolute Gasteiger partial charge is 0.480 e. The lowest BCUT2D eigenvalue weighted by Crippen LogP contribution is -2.65. The summed E-state index contributed by atoms with van der Waals surface area (Å²) in [6.45, 7) is 3.02. The van der Waals surface area contributed by atoms with Gasteiger partial charge in [-0.25, -0.2) is 46.6 Å². The number of hydrogen-bond donors (Lipinski definition) is 4. The molecule has 0 bridgehead atoms. The molecule has 15 nitrogen and oxygen atoms in total. The average molecular weight is 749 g/mol. The molecule has 2 saturated heterocycles. The SMILES string of the molecule is CCc1ncc(-c2ccc(S(=O)(=O)Nc3cc(F)c(C(=O)N[C@@H](Cc4ccc(N5C(=O)C6CCNCC6N(C)C5=O)nc4)C(=O)O)cc3F)cc2)cn1. The number of imide groups is 1. The van der Waals surface area contributed by atoms with Gasteiger partial charge in [0, 0.05) is 56.7 Å². The molecule has 4 heterocycles. The van der Waals surface area contributed by atoms with Gasteiger partial charge in [0.2, 0.25) is 5.91 Å². The predicted octanol–water partition coefficient (Wildman–Crippen LogP) is 2.98. The van der Waals surface area contributed by atoms with Gasteiger partial charge in [-0.05, 0) is 48.4 Å². The van der Waals surface area contributed by atoms with E-state index in [2.05, 4.69) is 25.6 Å². The van der Waals surface area contributed by atoms with Crippen molar-refractivity contribution < 1.29 is 41.5 Å². The average Bonchev–Trinajstić information content (AvgIpc) is 3.15. The van der Waals surface area contributed by atoms with Gasteiger partial charge in [-0.1, -0.05) is 25.1 Å². The van der Waals surface area contributed by atoms with Crippen LogP contribution in [-0.2, 0) is 32.5 Å². The molecule has 2 aromatic heterocycles. The molecule has 4 aromatic rings. The Morgan fingerprint density at radius 3 is 2.36 bits per heavy atom. The number of carbonyl (C=O) groups excluding carboxylic acids is 3. The molecule has 2 aliphatic rings. The Bertz CT molecular complexity index is 2170. The summed E-state index contributed by atoms with van der Waals surface area (Å²) < 4.78 is 58.3. The first-order valence-corrected chi connectivity index (χ1v) is 18.0. The molecule has 2 aliphatic heterocycles. The van der Waals surface area contributed by atoms with Crippen molar-refractivity contribution in [2.75, 3.05) is 29.8 Å². The molecule has 276 valence electrons. The molecule has 53 heavy (non-hydrogen) atoms. The van der Waals surface area contributed by atoms with Gasteiger partial charge in [0.15, 0.2) is 0 Å². The zero-order valence-electron chi connectivity index (χ0n) is 28.4. The highest BCUT2D eigenvalue weighted by molar-refractivity contribution is 7.92. The summed E-state index contributed by atoms with van der Waals surface area (Å²) in [6.07, 6.45) is 5.29. The van der Waals surface area contributed by atoms with Crippen LogP contribution < -0.4 is 20.3 Å². The number of carbonyl (C=O) groups is 4. The van der Waals surface area contributed by atoms with Gasteiger partial charge in [0.1, 0.15) is 29.3 Å². The first kappa shape index (κ1) is 36.9. The molecule has 0 radical (unpaired) electrons. The Balaban J connectivity index is 1.12. The van der Waals surface area contributed by atoms with Crippen LogP contribution in [0.4, 0.5) is 25.1 Å². The number of carboxylic acid groups (broad SMARTS) is 1. The van der Waals surface area contributed by atoms with Crippen molar-refractivity contribution >= 4 is 45.3 Å². The third-order valence-electron chi connectivity index (χ3n) is 9.12.